The number of fused-ring (bicyclic) bond motifs is 2. The highest BCUT2D eigenvalue weighted by atomic mass is 79.9. The molecule has 1 aliphatic carbocycles. The van der Waals surface area contributed by atoms with Gasteiger partial charge in [0.2, 0.25) is 0 Å². The summed E-state index contributed by atoms with van der Waals surface area (Å²) in [6.07, 6.45) is -4.98. The number of aromatic amines is 1. The van der Waals surface area contributed by atoms with Gasteiger partial charge in [0.15, 0.2) is 0 Å². The van der Waals surface area contributed by atoms with Crippen LogP contribution >= 0.6 is 31.9 Å². The third-order valence-electron chi connectivity index (χ3n) is 7.20. The first-order chi connectivity index (χ1) is 22.2. The van der Waals surface area contributed by atoms with Crippen molar-refractivity contribution in [3.8, 4) is 5.69 Å². The smallest absolute Gasteiger partial charge is 0.383 e. The topological polar surface area (TPSA) is 99.7 Å². The van der Waals surface area contributed by atoms with Crippen LogP contribution in [0.5, 0.6) is 0 Å². The van der Waals surface area contributed by atoms with Gasteiger partial charge in [-0.15, -0.1) is 0 Å². The fraction of sp³-hybridized carbons (Fsp3) is 0.323. The molecule has 1 aliphatic rings. The molecule has 1 fully saturated rings. The van der Waals surface area contributed by atoms with Gasteiger partial charge in [-0.25, -0.2) is 9.97 Å². The molecule has 5 aromatic rings. The van der Waals surface area contributed by atoms with Gasteiger partial charge in [-0.1, -0.05) is 31.9 Å². The number of benzene rings is 3. The first-order valence-electron chi connectivity index (χ1n) is 14.5. The number of imidazole rings is 2. The van der Waals surface area contributed by atoms with Crippen molar-refractivity contribution in [2.75, 3.05) is 23.7 Å². The molecule has 2 heterocycles. The molecule has 6 rings (SSSR count). The molecule has 8 nitrogen and oxygen atoms in total. The second kappa shape index (κ2) is 14.1. The highest BCUT2D eigenvalue weighted by Gasteiger charge is 2.27. The van der Waals surface area contributed by atoms with Crippen molar-refractivity contribution in [1.29, 1.82) is 0 Å². The second-order valence-electron chi connectivity index (χ2n) is 11.0. The van der Waals surface area contributed by atoms with Crippen LogP contribution in [0.3, 0.4) is 0 Å². The molecule has 0 bridgehead atoms. The Bertz CT molecular complexity index is 1880. The minimum Gasteiger partial charge on any atom is -0.383 e. The third-order valence-corrected chi connectivity index (χ3v) is 8.11. The van der Waals surface area contributed by atoms with Crippen molar-refractivity contribution in [3.63, 3.8) is 0 Å². The molecule has 0 radical (unpaired) electrons. The Labute approximate surface area is 282 Å². The van der Waals surface area contributed by atoms with E-state index in [1.807, 2.05) is 35.8 Å². The van der Waals surface area contributed by atoms with Gasteiger partial charge in [0.1, 0.15) is 17.4 Å². The lowest BCUT2D eigenvalue weighted by atomic mass is 10.1. The molecular formula is C31H29Br2F6N7O. The predicted molar refractivity (Wildman–Crippen MR) is 176 cm³/mol. The minimum absolute atomic E-state index is 0.0732. The molecule has 250 valence electrons. The van der Waals surface area contributed by atoms with E-state index in [-0.39, 0.29) is 25.0 Å². The van der Waals surface area contributed by atoms with Crippen LogP contribution in [0.15, 0.2) is 64.1 Å². The summed E-state index contributed by atoms with van der Waals surface area (Å²) >= 11 is 6.71. The van der Waals surface area contributed by atoms with Crippen LogP contribution in [0.1, 0.15) is 41.6 Å². The van der Waals surface area contributed by atoms with Gasteiger partial charge in [0.05, 0.1) is 41.6 Å². The number of aryl methyl sites for hydroxylation is 1. The molecule has 3 aromatic carbocycles. The van der Waals surface area contributed by atoms with E-state index in [2.05, 4.69) is 62.8 Å². The Morgan fingerprint density at radius 1 is 0.894 bits per heavy atom. The van der Waals surface area contributed by atoms with E-state index in [1.54, 1.807) is 24.5 Å². The summed E-state index contributed by atoms with van der Waals surface area (Å²) in [6.45, 7) is 1.48. The normalized spacial score (nSPS) is 13.4. The Balaban J connectivity index is 0.000000216. The quantitative estimate of drug-likeness (QED) is 0.112. The maximum atomic E-state index is 12.5. The van der Waals surface area contributed by atoms with Gasteiger partial charge < -0.3 is 20.9 Å². The van der Waals surface area contributed by atoms with Crippen LogP contribution in [0.25, 0.3) is 27.8 Å². The number of anilines is 2. The number of carbonyl (C=O) groups excluding carboxylic acids is 1. The minimum atomic E-state index is -4.22. The standard InChI is InChI=1S/C21H20BrF3N4O.C10H9BrF3N3/c1-12-8-15(4-5-16(12)20(30)28-14-2-3-14)29-11-27-19-17(9-13(22)10-18(19)29)26-7-6-21(23,24)25;11-6-3-7(15-2-1-10(12,13)14)9-8(4-6)16-5-17-9/h4-5,8-11,14,26H,2-3,6-7H2,1H3,(H,28,30);3-5,15H,1-2H2,(H,16,17). The summed E-state index contributed by atoms with van der Waals surface area (Å²) in [6, 6.07) is 12.9. The number of halogens is 8. The van der Waals surface area contributed by atoms with E-state index in [4.69, 9.17) is 0 Å². The Kier molecular flexibility index (Phi) is 10.4. The molecule has 47 heavy (non-hydrogen) atoms. The Morgan fingerprint density at radius 3 is 2.11 bits per heavy atom. The van der Waals surface area contributed by atoms with Gasteiger partial charge in [0, 0.05) is 39.3 Å². The molecule has 16 heteroatoms. The van der Waals surface area contributed by atoms with E-state index in [0.29, 0.717) is 28.0 Å². The van der Waals surface area contributed by atoms with Gasteiger partial charge in [0.25, 0.3) is 5.91 Å². The van der Waals surface area contributed by atoms with E-state index in [1.165, 1.54) is 6.33 Å². The number of nitrogens with one attached hydrogen (secondary N) is 4. The van der Waals surface area contributed by atoms with Crippen LogP contribution in [0, 0.1) is 6.92 Å². The van der Waals surface area contributed by atoms with Crippen LogP contribution in [0.4, 0.5) is 37.7 Å². The molecule has 2 aromatic heterocycles. The van der Waals surface area contributed by atoms with E-state index >= 15 is 0 Å². The summed E-state index contributed by atoms with van der Waals surface area (Å²) in [7, 11) is 0. The number of amides is 1. The van der Waals surface area contributed by atoms with Crippen molar-refractivity contribution in [2.24, 2.45) is 0 Å². The lowest BCUT2D eigenvalue weighted by molar-refractivity contribution is -0.132. The number of H-pyrrole nitrogens is 1. The molecule has 0 saturated heterocycles. The average Bonchev–Trinajstić information content (AvgIpc) is 3.47. The first-order valence-corrected chi connectivity index (χ1v) is 16.1. The van der Waals surface area contributed by atoms with Crippen molar-refractivity contribution < 1.29 is 31.1 Å². The van der Waals surface area contributed by atoms with Crippen LogP contribution in [-0.4, -0.2) is 56.9 Å². The molecular weight excluding hydrogens is 760 g/mol. The van der Waals surface area contributed by atoms with Crippen LogP contribution < -0.4 is 16.0 Å². The summed E-state index contributed by atoms with van der Waals surface area (Å²) in [5, 5.41) is 8.56. The number of hydrogen-bond acceptors (Lipinski definition) is 5. The van der Waals surface area contributed by atoms with E-state index < -0.39 is 25.2 Å². The highest BCUT2D eigenvalue weighted by molar-refractivity contribution is 9.10. The lowest BCUT2D eigenvalue weighted by Gasteiger charge is -2.12. The van der Waals surface area contributed by atoms with Crippen LogP contribution in [0.2, 0.25) is 0 Å². The fourth-order valence-electron chi connectivity index (χ4n) is 4.79. The van der Waals surface area contributed by atoms with E-state index in [0.717, 1.165) is 44.1 Å². The van der Waals surface area contributed by atoms with Crippen molar-refractivity contribution >= 4 is 71.2 Å². The molecule has 1 saturated carbocycles. The molecule has 0 aliphatic heterocycles. The SMILES string of the molecule is Cc1cc(-n2cnc3c(NCCC(F)(F)F)cc(Br)cc32)ccc1C(=O)NC1CC1.FC(F)(F)CCNc1cc(Br)cc2[nH]cnc12. The molecule has 0 unspecified atom stereocenters. The number of nitrogens with zero attached hydrogens (tertiary/aromatic N) is 3. The van der Waals surface area contributed by atoms with Gasteiger partial charge in [-0.3, -0.25) is 9.36 Å². The fourth-order valence-corrected chi connectivity index (χ4v) is 5.70. The Hall–Kier alpha value is -3.79. The van der Waals surface area contributed by atoms with Gasteiger partial charge in [-0.2, -0.15) is 26.3 Å². The zero-order valence-electron chi connectivity index (χ0n) is 24.8. The van der Waals surface area contributed by atoms with Gasteiger partial charge in [-0.05, 0) is 67.8 Å². The van der Waals surface area contributed by atoms with Crippen molar-refractivity contribution in [2.45, 2.75) is 51.0 Å². The highest BCUT2D eigenvalue weighted by Crippen LogP contribution is 2.31. The Morgan fingerprint density at radius 2 is 1.51 bits per heavy atom. The van der Waals surface area contributed by atoms with E-state index in [9.17, 15) is 31.1 Å². The predicted octanol–water partition coefficient (Wildman–Crippen LogP) is 9.04. The summed E-state index contributed by atoms with van der Waals surface area (Å²) in [5.74, 6) is -0.0732. The molecule has 1 amide bonds. The molecule has 0 spiro atoms. The summed E-state index contributed by atoms with van der Waals surface area (Å²) in [4.78, 5) is 23.7. The number of rotatable bonds is 9. The summed E-state index contributed by atoms with van der Waals surface area (Å²) in [5.41, 5.74) is 6.12. The monoisotopic (exact) mass is 787 g/mol. The van der Waals surface area contributed by atoms with Crippen LogP contribution in [-0.2, 0) is 0 Å². The number of hydrogen-bond donors (Lipinski definition) is 4. The number of carbonyl (C=O) groups is 1. The van der Waals surface area contributed by atoms with Crippen molar-refractivity contribution in [1.82, 2.24) is 24.8 Å². The maximum Gasteiger partial charge on any atom is 0.390 e. The molecule has 4 N–H and O–H groups in total. The largest absolute Gasteiger partial charge is 0.390 e. The summed E-state index contributed by atoms with van der Waals surface area (Å²) < 4.78 is 76.9. The average molecular weight is 789 g/mol. The number of alkyl halides is 6. The maximum absolute atomic E-state index is 12.5. The second-order valence-corrected chi connectivity index (χ2v) is 12.8. The molecule has 0 atom stereocenters. The number of aromatic nitrogens is 4. The van der Waals surface area contributed by atoms with Gasteiger partial charge >= 0.3 is 12.4 Å². The van der Waals surface area contributed by atoms with Crippen molar-refractivity contribution in [3.05, 3.63) is 75.2 Å². The first kappa shape index (κ1) is 34.5. The lowest BCUT2D eigenvalue weighted by Crippen LogP contribution is -2.26. The zero-order valence-corrected chi connectivity index (χ0v) is 28.0. The zero-order chi connectivity index (χ0) is 33.9. The third kappa shape index (κ3) is 9.40.